The van der Waals surface area contributed by atoms with Gasteiger partial charge in [0, 0.05) is 17.9 Å². The van der Waals surface area contributed by atoms with Crippen molar-refractivity contribution in [3.63, 3.8) is 0 Å². The molecule has 77 valence electrons. The predicted octanol–water partition coefficient (Wildman–Crippen LogP) is 1.81. The minimum Gasteiger partial charge on any atom is -0.343 e. The van der Waals surface area contributed by atoms with Crippen molar-refractivity contribution in [2.45, 2.75) is 6.92 Å². The van der Waals surface area contributed by atoms with Crippen LogP contribution in [0.2, 0.25) is 0 Å². The lowest BCUT2D eigenvalue weighted by molar-refractivity contribution is 1.03. The molecule has 0 fully saturated rings. The van der Waals surface area contributed by atoms with Crippen LogP contribution in [0.5, 0.6) is 0 Å². The summed E-state index contributed by atoms with van der Waals surface area (Å²) < 4.78 is 0. The maximum atomic E-state index is 2.37. The summed E-state index contributed by atoms with van der Waals surface area (Å²) in [6, 6.07) is 17.1. The van der Waals surface area contributed by atoms with Crippen LogP contribution in [0.3, 0.4) is 0 Å². The summed E-state index contributed by atoms with van der Waals surface area (Å²) >= 11 is 0. The van der Waals surface area contributed by atoms with Crippen molar-refractivity contribution < 1.29 is 0 Å². The number of para-hydroxylation sites is 2. The molecule has 0 aromatic heterocycles. The molecule has 2 aromatic carbocycles. The van der Waals surface area contributed by atoms with Crippen LogP contribution in [0.4, 0.5) is 11.4 Å². The van der Waals surface area contributed by atoms with Gasteiger partial charge in [0.25, 0.3) is 0 Å². The zero-order valence-corrected chi connectivity index (χ0v) is 9.35. The van der Waals surface area contributed by atoms with Gasteiger partial charge in [0.2, 0.25) is 0 Å². The molecule has 1 aliphatic heterocycles. The molecule has 2 heteroatoms. The molecule has 0 amide bonds. The Morgan fingerprint density at radius 1 is 0.875 bits per heavy atom. The van der Waals surface area contributed by atoms with Crippen molar-refractivity contribution in [3.05, 3.63) is 48.5 Å². The average molecular weight is 206 g/mol. The molecule has 0 unspecified atom stereocenters. The van der Waals surface area contributed by atoms with Gasteiger partial charge in [-0.3, -0.25) is 0 Å². The first-order valence-electron chi connectivity index (χ1n) is 5.70. The first-order valence-corrected chi connectivity index (χ1v) is 5.70. The Kier molecular flexibility index (Phi) is 2.21. The zero-order chi connectivity index (χ0) is 11.0. The second kappa shape index (κ2) is 3.71. The molecule has 1 nitrogen and oxygen atoms in total. The van der Waals surface area contributed by atoms with Crippen molar-refractivity contribution in [3.8, 4) is 0 Å². The van der Waals surface area contributed by atoms with E-state index in [0.717, 1.165) is 6.54 Å². The van der Waals surface area contributed by atoms with E-state index in [1.54, 1.807) is 0 Å². The molecule has 1 heterocycles. The van der Waals surface area contributed by atoms with Gasteiger partial charge in [0.1, 0.15) is 0 Å². The fourth-order valence-corrected chi connectivity index (χ4v) is 2.35. The number of hydrogen-bond acceptors (Lipinski definition) is 1. The molecule has 0 saturated heterocycles. The normalized spacial score (nSPS) is 12.7. The Morgan fingerprint density at radius 2 is 1.38 bits per heavy atom. The van der Waals surface area contributed by atoms with Gasteiger partial charge in [0.15, 0.2) is 7.28 Å². The number of nitrogens with zero attached hydrogens (tertiary/aromatic N) is 1. The number of rotatable bonds is 1. The van der Waals surface area contributed by atoms with E-state index in [-0.39, 0.29) is 0 Å². The lowest BCUT2D eigenvalue weighted by Gasteiger charge is -2.32. The maximum absolute atomic E-state index is 2.37. The molecule has 0 saturated carbocycles. The van der Waals surface area contributed by atoms with Gasteiger partial charge in [-0.2, -0.15) is 0 Å². The first kappa shape index (κ1) is 9.53. The predicted molar refractivity (Wildman–Crippen MR) is 70.6 cm³/mol. The number of benzene rings is 2. The monoisotopic (exact) mass is 206 g/mol. The van der Waals surface area contributed by atoms with Crippen LogP contribution in [0, 0.1) is 0 Å². The third-order valence-electron chi connectivity index (χ3n) is 3.08. The van der Waals surface area contributed by atoms with Crippen LogP contribution in [0.1, 0.15) is 6.92 Å². The number of fused-ring (bicyclic) bond motifs is 2. The van der Waals surface area contributed by atoms with Crippen molar-refractivity contribution in [1.29, 1.82) is 0 Å². The average Bonchev–Trinajstić information content (AvgIpc) is 2.36. The Bertz CT molecular complexity index is 476. The minimum absolute atomic E-state index is 1.00. The van der Waals surface area contributed by atoms with Gasteiger partial charge in [-0.1, -0.05) is 47.3 Å². The van der Waals surface area contributed by atoms with E-state index >= 15 is 0 Å². The molecular formula is C14H13BN. The van der Waals surface area contributed by atoms with Crippen LogP contribution in [0.15, 0.2) is 48.5 Å². The van der Waals surface area contributed by atoms with E-state index in [9.17, 15) is 0 Å². The second-order valence-corrected chi connectivity index (χ2v) is 4.01. The summed E-state index contributed by atoms with van der Waals surface area (Å²) in [6.07, 6.45) is 0. The van der Waals surface area contributed by atoms with Crippen LogP contribution in [-0.4, -0.2) is 13.8 Å². The highest BCUT2D eigenvalue weighted by Crippen LogP contribution is 2.24. The lowest BCUT2D eigenvalue weighted by Crippen LogP contribution is -2.41. The Hall–Kier alpha value is -1.70. The van der Waals surface area contributed by atoms with E-state index in [2.05, 4.69) is 67.6 Å². The van der Waals surface area contributed by atoms with Crippen LogP contribution in [-0.2, 0) is 0 Å². The van der Waals surface area contributed by atoms with Crippen molar-refractivity contribution in [2.75, 3.05) is 11.4 Å². The molecule has 2 aromatic rings. The highest BCUT2D eigenvalue weighted by atomic mass is 15.1. The lowest BCUT2D eigenvalue weighted by atomic mass is 9.60. The zero-order valence-electron chi connectivity index (χ0n) is 9.35. The molecule has 0 atom stereocenters. The summed E-state index contributed by atoms with van der Waals surface area (Å²) in [5, 5.41) is 0. The van der Waals surface area contributed by atoms with Gasteiger partial charge in [-0.15, -0.1) is 0 Å². The molecule has 0 aliphatic carbocycles. The summed E-state index contributed by atoms with van der Waals surface area (Å²) in [6.45, 7) is 3.20. The standard InChI is InChI=1S/C14H13BN/c1-2-16-13-9-5-3-7-11(13)15-12-8-4-6-10-14(12)16/h3-10H,2H2,1H3. The molecule has 1 radical (unpaired) electrons. The Balaban J connectivity index is 2.19. The summed E-state index contributed by atoms with van der Waals surface area (Å²) in [4.78, 5) is 2.37. The van der Waals surface area contributed by atoms with Crippen LogP contribution >= 0.6 is 0 Å². The molecular weight excluding hydrogens is 193 g/mol. The highest BCUT2D eigenvalue weighted by Gasteiger charge is 2.20. The van der Waals surface area contributed by atoms with Gasteiger partial charge in [-0.05, 0) is 19.1 Å². The summed E-state index contributed by atoms with van der Waals surface area (Å²) in [7, 11) is 2.26. The van der Waals surface area contributed by atoms with Crippen LogP contribution < -0.4 is 15.8 Å². The molecule has 0 spiro atoms. The molecule has 16 heavy (non-hydrogen) atoms. The van der Waals surface area contributed by atoms with Crippen molar-refractivity contribution in [2.24, 2.45) is 0 Å². The molecule has 0 bridgehead atoms. The third kappa shape index (κ3) is 1.34. The van der Waals surface area contributed by atoms with Crippen molar-refractivity contribution >= 4 is 29.6 Å². The minimum atomic E-state index is 1.00. The van der Waals surface area contributed by atoms with E-state index in [1.807, 2.05) is 0 Å². The van der Waals surface area contributed by atoms with E-state index in [4.69, 9.17) is 0 Å². The third-order valence-corrected chi connectivity index (χ3v) is 3.08. The number of hydrogen-bond donors (Lipinski definition) is 0. The SMILES string of the molecule is CCN1c2ccccc2[B]c2ccccc21. The molecule has 1 aliphatic rings. The largest absolute Gasteiger partial charge is 0.343 e. The van der Waals surface area contributed by atoms with E-state index in [0.29, 0.717) is 0 Å². The maximum Gasteiger partial charge on any atom is 0.196 e. The summed E-state index contributed by atoms with van der Waals surface area (Å²) in [5.41, 5.74) is 5.23. The molecule has 0 N–H and O–H groups in total. The van der Waals surface area contributed by atoms with Gasteiger partial charge >= 0.3 is 0 Å². The quantitative estimate of drug-likeness (QED) is 0.643. The highest BCUT2D eigenvalue weighted by molar-refractivity contribution is 6.71. The van der Waals surface area contributed by atoms with Crippen LogP contribution in [0.25, 0.3) is 0 Å². The molecule has 3 rings (SSSR count). The second-order valence-electron chi connectivity index (χ2n) is 4.01. The topological polar surface area (TPSA) is 3.24 Å². The fourth-order valence-electron chi connectivity index (χ4n) is 2.35. The Morgan fingerprint density at radius 3 is 1.88 bits per heavy atom. The van der Waals surface area contributed by atoms with E-state index in [1.165, 1.54) is 22.3 Å². The number of anilines is 2. The van der Waals surface area contributed by atoms with Gasteiger partial charge in [0.05, 0.1) is 0 Å². The first-order chi connectivity index (χ1) is 7.90. The van der Waals surface area contributed by atoms with Gasteiger partial charge < -0.3 is 4.90 Å². The van der Waals surface area contributed by atoms with Gasteiger partial charge in [-0.25, -0.2) is 0 Å². The van der Waals surface area contributed by atoms with E-state index < -0.39 is 0 Å². The fraction of sp³-hybridized carbons (Fsp3) is 0.143. The summed E-state index contributed by atoms with van der Waals surface area (Å²) in [5.74, 6) is 0. The van der Waals surface area contributed by atoms with Crippen molar-refractivity contribution in [1.82, 2.24) is 0 Å². The Labute approximate surface area is 97.0 Å². The smallest absolute Gasteiger partial charge is 0.196 e.